The van der Waals surface area contributed by atoms with Crippen molar-refractivity contribution in [3.63, 3.8) is 0 Å². The van der Waals surface area contributed by atoms with Crippen LogP contribution in [0.15, 0.2) is 33.9 Å². The highest BCUT2D eigenvalue weighted by Gasteiger charge is 2.25. The molecular formula is C16H22FN7O4S. The van der Waals surface area contributed by atoms with Gasteiger partial charge < -0.3 is 5.32 Å². The van der Waals surface area contributed by atoms with Gasteiger partial charge in [-0.15, -0.1) is 0 Å². The second-order valence-electron chi connectivity index (χ2n) is 6.77. The van der Waals surface area contributed by atoms with E-state index in [9.17, 15) is 18.0 Å². The molecule has 0 radical (unpaired) electrons. The summed E-state index contributed by atoms with van der Waals surface area (Å²) in [5, 5.41) is 25.2. The largest absolute Gasteiger partial charge is 0.363 e. The van der Waals surface area contributed by atoms with Crippen LogP contribution in [0.2, 0.25) is 0 Å². The highest BCUT2D eigenvalue weighted by atomic mass is 32.2. The lowest BCUT2D eigenvalue weighted by atomic mass is 9.86. The molecule has 1 heterocycles. The van der Waals surface area contributed by atoms with Crippen LogP contribution in [0.25, 0.3) is 0 Å². The molecule has 1 aliphatic rings. The van der Waals surface area contributed by atoms with E-state index in [4.69, 9.17) is 9.77 Å². The lowest BCUT2D eigenvalue weighted by Gasteiger charge is -2.28. The molecule has 0 unspecified atom stereocenters. The summed E-state index contributed by atoms with van der Waals surface area (Å²) in [4.78, 5) is 4.18. The third kappa shape index (κ3) is 6.19. The average Bonchev–Trinajstić information content (AvgIpc) is 3.14. The van der Waals surface area contributed by atoms with Crippen LogP contribution in [-0.2, 0) is 10.2 Å². The number of rotatable bonds is 7. The van der Waals surface area contributed by atoms with E-state index in [1.54, 1.807) is 0 Å². The van der Waals surface area contributed by atoms with Crippen molar-refractivity contribution >= 4 is 27.6 Å². The van der Waals surface area contributed by atoms with Gasteiger partial charge in [0.05, 0.1) is 5.69 Å². The summed E-state index contributed by atoms with van der Waals surface area (Å²) in [6.45, 7) is 0.311. The molecule has 1 saturated carbocycles. The van der Waals surface area contributed by atoms with Crippen molar-refractivity contribution in [3.05, 3.63) is 35.8 Å². The van der Waals surface area contributed by atoms with Gasteiger partial charge in [-0.05, 0) is 66.2 Å². The Bertz CT molecular complexity index is 940. The number of anilines is 1. The van der Waals surface area contributed by atoms with Gasteiger partial charge >= 0.3 is 0 Å². The zero-order valence-corrected chi connectivity index (χ0v) is 16.2. The molecule has 0 saturated heterocycles. The van der Waals surface area contributed by atoms with E-state index in [2.05, 4.69) is 25.3 Å². The molecule has 2 aromatic rings. The molecule has 13 heteroatoms. The van der Waals surface area contributed by atoms with E-state index in [1.165, 1.54) is 24.3 Å². The van der Waals surface area contributed by atoms with Crippen LogP contribution in [0.5, 0.6) is 0 Å². The van der Waals surface area contributed by atoms with Crippen LogP contribution in [0.4, 0.5) is 15.9 Å². The first-order chi connectivity index (χ1) is 13.8. The number of halogens is 1. The second-order valence-corrected chi connectivity index (χ2v) is 8.14. The first-order valence-corrected chi connectivity index (χ1v) is 10.5. The molecule has 3 rings (SSSR count). The number of aromatic nitrogens is 2. The number of nitrogens with two attached hydrogens (primary N) is 1. The van der Waals surface area contributed by atoms with Gasteiger partial charge in [-0.1, -0.05) is 0 Å². The quantitative estimate of drug-likeness (QED) is 0.248. The lowest BCUT2D eigenvalue weighted by Crippen LogP contribution is -2.37. The normalized spacial score (nSPS) is 20.4. The van der Waals surface area contributed by atoms with E-state index in [1.807, 2.05) is 5.48 Å². The Kier molecular flexibility index (Phi) is 6.74. The molecule has 0 aliphatic heterocycles. The number of hydroxylamine groups is 1. The minimum atomic E-state index is -3.69. The van der Waals surface area contributed by atoms with Crippen LogP contribution in [0, 0.1) is 11.7 Å². The topological polar surface area (TPSA) is 168 Å². The average molecular weight is 427 g/mol. The molecule has 6 N–H and O–H groups in total. The summed E-state index contributed by atoms with van der Waals surface area (Å²) >= 11 is 0. The molecule has 29 heavy (non-hydrogen) atoms. The van der Waals surface area contributed by atoms with Gasteiger partial charge in [-0.25, -0.2) is 23.9 Å². The number of hydrogen-bond acceptors (Lipinski definition) is 8. The molecule has 158 valence electrons. The second kappa shape index (κ2) is 9.26. The van der Waals surface area contributed by atoms with E-state index in [0.717, 1.165) is 25.7 Å². The fourth-order valence-corrected chi connectivity index (χ4v) is 3.62. The zero-order chi connectivity index (χ0) is 20.9. The summed E-state index contributed by atoms with van der Waals surface area (Å²) in [6, 6.07) is 5.46. The van der Waals surface area contributed by atoms with Gasteiger partial charge in [0.1, 0.15) is 5.82 Å². The predicted molar refractivity (Wildman–Crippen MR) is 102 cm³/mol. The summed E-state index contributed by atoms with van der Waals surface area (Å²) in [5.74, 6) is 0.101. The van der Waals surface area contributed by atoms with Gasteiger partial charge in [0.2, 0.25) is 5.82 Å². The molecular weight excluding hydrogens is 405 g/mol. The number of nitrogens with zero attached hydrogens (tertiary/aromatic N) is 3. The van der Waals surface area contributed by atoms with Crippen molar-refractivity contribution in [2.75, 3.05) is 11.9 Å². The van der Waals surface area contributed by atoms with Crippen LogP contribution < -0.4 is 20.7 Å². The molecule has 0 spiro atoms. The maximum atomic E-state index is 13.0. The molecule has 1 aromatic heterocycles. The minimum absolute atomic E-state index is 0.00797. The molecule has 0 bridgehead atoms. The van der Waals surface area contributed by atoms with Crippen molar-refractivity contribution in [1.29, 1.82) is 0 Å². The number of aliphatic imine (C=N–C) groups is 1. The van der Waals surface area contributed by atoms with Gasteiger partial charge in [-0.3, -0.25) is 10.7 Å². The fourth-order valence-electron chi connectivity index (χ4n) is 3.15. The minimum Gasteiger partial charge on any atom is -0.363 e. The fraction of sp³-hybridized carbons (Fsp3) is 0.438. The van der Waals surface area contributed by atoms with Crippen molar-refractivity contribution in [2.24, 2.45) is 16.0 Å². The van der Waals surface area contributed by atoms with Crippen molar-refractivity contribution in [1.82, 2.24) is 20.5 Å². The molecule has 0 amide bonds. The van der Waals surface area contributed by atoms with Gasteiger partial charge in [-0.2, -0.15) is 8.42 Å². The molecule has 1 aliphatic carbocycles. The predicted octanol–water partition coefficient (Wildman–Crippen LogP) is 1.03. The van der Waals surface area contributed by atoms with Gasteiger partial charge in [0.25, 0.3) is 10.2 Å². The SMILES string of the molecule is NS(=O)(=O)NCC1CCC(Nc2nonc2C(=Nc2ccc(F)cc2)NO)CC1. The van der Waals surface area contributed by atoms with Crippen molar-refractivity contribution < 1.29 is 22.6 Å². The Balaban J connectivity index is 1.62. The maximum absolute atomic E-state index is 13.0. The Morgan fingerprint density at radius 2 is 1.93 bits per heavy atom. The van der Waals surface area contributed by atoms with E-state index >= 15 is 0 Å². The highest BCUT2D eigenvalue weighted by molar-refractivity contribution is 7.87. The molecule has 0 atom stereocenters. The third-order valence-corrected chi connectivity index (χ3v) is 5.22. The van der Waals surface area contributed by atoms with E-state index in [-0.39, 0.29) is 23.5 Å². The van der Waals surface area contributed by atoms with Crippen LogP contribution in [0.1, 0.15) is 31.4 Å². The summed E-state index contributed by atoms with van der Waals surface area (Å²) in [6.07, 6.45) is 3.16. The number of amidine groups is 1. The van der Waals surface area contributed by atoms with Gasteiger partial charge in [0, 0.05) is 12.6 Å². The number of nitrogens with one attached hydrogen (secondary N) is 3. The number of hydrogen-bond donors (Lipinski definition) is 5. The van der Waals surface area contributed by atoms with Crippen molar-refractivity contribution in [2.45, 2.75) is 31.7 Å². The van der Waals surface area contributed by atoms with Crippen LogP contribution in [-0.4, -0.2) is 42.4 Å². The Labute approximate surface area is 166 Å². The molecule has 1 fully saturated rings. The summed E-state index contributed by atoms with van der Waals surface area (Å²) in [5.41, 5.74) is 2.54. The van der Waals surface area contributed by atoms with Gasteiger partial charge in [0.15, 0.2) is 11.5 Å². The Hall–Kier alpha value is -2.61. The highest BCUT2D eigenvalue weighted by Crippen LogP contribution is 2.27. The van der Waals surface area contributed by atoms with Crippen LogP contribution >= 0.6 is 0 Å². The first-order valence-electron chi connectivity index (χ1n) is 8.95. The van der Waals surface area contributed by atoms with E-state index < -0.39 is 16.0 Å². The first kappa shape index (κ1) is 21.1. The van der Waals surface area contributed by atoms with Crippen molar-refractivity contribution in [3.8, 4) is 0 Å². The van der Waals surface area contributed by atoms with Crippen LogP contribution in [0.3, 0.4) is 0 Å². The molecule has 1 aromatic carbocycles. The summed E-state index contributed by atoms with van der Waals surface area (Å²) in [7, 11) is -3.69. The Morgan fingerprint density at radius 3 is 2.55 bits per heavy atom. The smallest absolute Gasteiger partial charge is 0.274 e. The third-order valence-electron chi connectivity index (χ3n) is 4.65. The number of benzene rings is 1. The maximum Gasteiger partial charge on any atom is 0.274 e. The lowest BCUT2D eigenvalue weighted by molar-refractivity contribution is 0.234. The zero-order valence-electron chi connectivity index (χ0n) is 15.4. The van der Waals surface area contributed by atoms with E-state index in [0.29, 0.717) is 18.1 Å². The molecule has 11 nitrogen and oxygen atoms in total. The monoisotopic (exact) mass is 427 g/mol. The standard InChI is InChI=1S/C16H22FN7O4S/c17-11-3-7-13(8-4-11)20-15(22-25)14-16(24-28-23-14)21-12-5-1-10(2-6-12)9-19-29(18,26)27/h3-4,7-8,10,12,19,25H,1-2,5-6,9H2,(H,20,22)(H,21,24)(H2,18,26,27). The Morgan fingerprint density at radius 1 is 1.24 bits per heavy atom. The summed E-state index contributed by atoms with van der Waals surface area (Å²) < 4.78 is 42.1.